The van der Waals surface area contributed by atoms with E-state index < -0.39 is 30.1 Å². The molecular formula is C19H22F2N2O4. The lowest BCUT2D eigenvalue weighted by atomic mass is 9.83. The summed E-state index contributed by atoms with van der Waals surface area (Å²) in [5.41, 5.74) is -0.355. The Labute approximate surface area is 156 Å². The van der Waals surface area contributed by atoms with Gasteiger partial charge < -0.3 is 14.8 Å². The van der Waals surface area contributed by atoms with Crippen LogP contribution < -0.4 is 10.1 Å². The highest BCUT2D eigenvalue weighted by Crippen LogP contribution is 2.27. The summed E-state index contributed by atoms with van der Waals surface area (Å²) in [5.74, 6) is -1.15. The standard InChI is InChI=1S/C19H22F2N2O4/c1-13(17(25)23-19(12-22)9-3-2-4-10-19)26-16(24)11-14-5-7-15(8-6-14)27-18(20)21/h5-8,13,18H,2-4,9-11H2,1H3,(H,23,25). The molecule has 0 aromatic heterocycles. The lowest BCUT2D eigenvalue weighted by molar-refractivity contribution is -0.154. The molecule has 1 saturated carbocycles. The van der Waals surface area contributed by atoms with Crippen molar-refractivity contribution in [3.05, 3.63) is 29.8 Å². The zero-order valence-electron chi connectivity index (χ0n) is 15.0. The van der Waals surface area contributed by atoms with Gasteiger partial charge in [0, 0.05) is 0 Å². The van der Waals surface area contributed by atoms with Crippen LogP contribution in [-0.2, 0) is 20.7 Å². The Morgan fingerprint density at radius 3 is 2.41 bits per heavy atom. The van der Waals surface area contributed by atoms with Gasteiger partial charge in [-0.15, -0.1) is 0 Å². The van der Waals surface area contributed by atoms with Crippen LogP contribution >= 0.6 is 0 Å². The van der Waals surface area contributed by atoms with E-state index in [1.165, 1.54) is 31.2 Å². The van der Waals surface area contributed by atoms with Crippen LogP contribution in [0.25, 0.3) is 0 Å². The van der Waals surface area contributed by atoms with Crippen LogP contribution in [0.5, 0.6) is 5.75 Å². The summed E-state index contributed by atoms with van der Waals surface area (Å²) in [6, 6.07) is 7.76. The van der Waals surface area contributed by atoms with Gasteiger partial charge in [-0.2, -0.15) is 14.0 Å². The Morgan fingerprint density at radius 1 is 1.22 bits per heavy atom. The molecule has 1 aromatic carbocycles. The molecule has 8 heteroatoms. The second kappa shape index (κ2) is 9.31. The lowest BCUT2D eigenvalue weighted by Gasteiger charge is -2.32. The number of rotatable bonds is 7. The summed E-state index contributed by atoms with van der Waals surface area (Å²) >= 11 is 0. The first-order valence-electron chi connectivity index (χ1n) is 8.80. The number of nitrogens with one attached hydrogen (secondary N) is 1. The van der Waals surface area contributed by atoms with Gasteiger partial charge in [0.25, 0.3) is 5.91 Å². The molecule has 1 aliphatic rings. The third kappa shape index (κ3) is 6.20. The number of hydrogen-bond acceptors (Lipinski definition) is 5. The predicted molar refractivity (Wildman–Crippen MR) is 91.9 cm³/mol. The minimum Gasteiger partial charge on any atom is -0.452 e. The summed E-state index contributed by atoms with van der Waals surface area (Å²) in [5, 5.41) is 12.1. The van der Waals surface area contributed by atoms with E-state index in [2.05, 4.69) is 16.1 Å². The van der Waals surface area contributed by atoms with Crippen LogP contribution in [0.1, 0.15) is 44.6 Å². The van der Waals surface area contributed by atoms with Crippen LogP contribution in [0.4, 0.5) is 8.78 Å². The molecule has 1 aliphatic carbocycles. The summed E-state index contributed by atoms with van der Waals surface area (Å²) in [6.07, 6.45) is 2.79. The molecule has 2 rings (SSSR count). The molecule has 1 aromatic rings. The Hall–Kier alpha value is -2.69. The maximum absolute atomic E-state index is 12.3. The Bertz CT molecular complexity index is 695. The number of carbonyl (C=O) groups is 2. The number of ether oxygens (including phenoxy) is 2. The van der Waals surface area contributed by atoms with Crippen LogP contribution in [-0.4, -0.2) is 30.1 Å². The van der Waals surface area contributed by atoms with Crippen molar-refractivity contribution in [2.24, 2.45) is 0 Å². The van der Waals surface area contributed by atoms with Gasteiger partial charge in [0.15, 0.2) is 6.10 Å². The van der Waals surface area contributed by atoms with Crippen molar-refractivity contribution in [1.29, 1.82) is 5.26 Å². The molecule has 27 heavy (non-hydrogen) atoms. The van der Waals surface area contributed by atoms with E-state index >= 15 is 0 Å². The Kier molecular flexibility index (Phi) is 7.11. The number of alkyl halides is 2. The van der Waals surface area contributed by atoms with Gasteiger partial charge in [0.1, 0.15) is 11.3 Å². The third-order valence-corrected chi connectivity index (χ3v) is 4.46. The minimum absolute atomic E-state index is 0.0100. The van der Waals surface area contributed by atoms with Crippen LogP contribution in [0.3, 0.4) is 0 Å². The molecule has 0 spiro atoms. The number of esters is 1. The zero-order valence-corrected chi connectivity index (χ0v) is 15.0. The number of nitrogens with zero attached hydrogens (tertiary/aromatic N) is 1. The molecule has 1 amide bonds. The van der Waals surface area contributed by atoms with E-state index in [-0.39, 0.29) is 12.2 Å². The molecule has 0 radical (unpaired) electrons. The summed E-state index contributed by atoms with van der Waals surface area (Å²) in [6.45, 7) is -1.47. The SMILES string of the molecule is CC(OC(=O)Cc1ccc(OC(F)F)cc1)C(=O)NC1(C#N)CCCCC1. The fourth-order valence-corrected chi connectivity index (χ4v) is 3.01. The average molecular weight is 380 g/mol. The van der Waals surface area contributed by atoms with E-state index in [0.717, 1.165) is 19.3 Å². The summed E-state index contributed by atoms with van der Waals surface area (Å²) in [7, 11) is 0. The first-order chi connectivity index (χ1) is 12.8. The van der Waals surface area contributed by atoms with Crippen LogP contribution in [0.15, 0.2) is 24.3 Å². The second-order valence-electron chi connectivity index (χ2n) is 6.58. The molecule has 0 bridgehead atoms. The lowest BCUT2D eigenvalue weighted by Crippen LogP contribution is -2.52. The fourth-order valence-electron chi connectivity index (χ4n) is 3.01. The molecule has 1 atom stereocenters. The largest absolute Gasteiger partial charge is 0.452 e. The van der Waals surface area contributed by atoms with Crippen molar-refractivity contribution in [1.82, 2.24) is 5.32 Å². The second-order valence-corrected chi connectivity index (χ2v) is 6.58. The van der Waals surface area contributed by atoms with Crippen molar-refractivity contribution >= 4 is 11.9 Å². The van der Waals surface area contributed by atoms with E-state index in [9.17, 15) is 23.6 Å². The highest BCUT2D eigenvalue weighted by Gasteiger charge is 2.35. The van der Waals surface area contributed by atoms with Crippen LogP contribution in [0, 0.1) is 11.3 Å². The minimum atomic E-state index is -2.92. The molecule has 0 saturated heterocycles. The number of hydrogen-bond donors (Lipinski definition) is 1. The molecule has 1 fully saturated rings. The van der Waals surface area contributed by atoms with Gasteiger partial charge >= 0.3 is 12.6 Å². The number of halogens is 2. The first-order valence-corrected chi connectivity index (χ1v) is 8.80. The molecule has 146 valence electrons. The van der Waals surface area contributed by atoms with E-state index in [1.807, 2.05) is 0 Å². The zero-order chi connectivity index (χ0) is 19.9. The maximum atomic E-state index is 12.3. The van der Waals surface area contributed by atoms with Gasteiger partial charge in [-0.3, -0.25) is 9.59 Å². The van der Waals surface area contributed by atoms with E-state index in [4.69, 9.17) is 4.74 Å². The first kappa shape index (κ1) is 20.6. The smallest absolute Gasteiger partial charge is 0.387 e. The summed E-state index contributed by atoms with van der Waals surface area (Å²) < 4.78 is 33.6. The number of benzene rings is 1. The number of amides is 1. The third-order valence-electron chi connectivity index (χ3n) is 4.46. The molecule has 1 unspecified atom stereocenters. The normalized spacial score (nSPS) is 16.9. The van der Waals surface area contributed by atoms with Gasteiger partial charge in [-0.1, -0.05) is 31.4 Å². The fraction of sp³-hybridized carbons (Fsp3) is 0.526. The van der Waals surface area contributed by atoms with Gasteiger partial charge in [-0.05, 0) is 37.5 Å². The highest BCUT2D eigenvalue weighted by molar-refractivity contribution is 5.84. The Balaban J connectivity index is 1.85. The van der Waals surface area contributed by atoms with Crippen molar-refractivity contribution in [3.63, 3.8) is 0 Å². The van der Waals surface area contributed by atoms with Crippen molar-refractivity contribution in [2.75, 3.05) is 0 Å². The highest BCUT2D eigenvalue weighted by atomic mass is 19.3. The quantitative estimate of drug-likeness (QED) is 0.735. The topological polar surface area (TPSA) is 88.4 Å². The van der Waals surface area contributed by atoms with Crippen molar-refractivity contribution in [3.8, 4) is 11.8 Å². The number of carbonyl (C=O) groups excluding carboxylic acids is 2. The molecule has 1 N–H and O–H groups in total. The summed E-state index contributed by atoms with van der Waals surface area (Å²) in [4.78, 5) is 24.3. The average Bonchev–Trinajstić information content (AvgIpc) is 2.63. The molecular weight excluding hydrogens is 358 g/mol. The molecule has 0 heterocycles. The van der Waals surface area contributed by atoms with Gasteiger partial charge in [0.05, 0.1) is 12.5 Å². The predicted octanol–water partition coefficient (Wildman–Crippen LogP) is 3.10. The van der Waals surface area contributed by atoms with Gasteiger partial charge in [-0.25, -0.2) is 0 Å². The number of nitriles is 1. The van der Waals surface area contributed by atoms with E-state index in [1.54, 1.807) is 0 Å². The van der Waals surface area contributed by atoms with Gasteiger partial charge in [0.2, 0.25) is 0 Å². The Morgan fingerprint density at radius 2 is 1.85 bits per heavy atom. The molecule has 0 aliphatic heterocycles. The monoisotopic (exact) mass is 380 g/mol. The maximum Gasteiger partial charge on any atom is 0.387 e. The van der Waals surface area contributed by atoms with E-state index in [0.29, 0.717) is 18.4 Å². The van der Waals surface area contributed by atoms with Crippen molar-refractivity contribution < 1.29 is 27.8 Å². The van der Waals surface area contributed by atoms with Crippen LogP contribution in [0.2, 0.25) is 0 Å². The van der Waals surface area contributed by atoms with Crippen molar-refractivity contribution in [2.45, 2.75) is 63.7 Å². The molecule has 6 nitrogen and oxygen atoms in total.